The second kappa shape index (κ2) is 11.0. The molecular weight excluding hydrogens is 486 g/mol. The van der Waals surface area contributed by atoms with Gasteiger partial charge in [0.25, 0.3) is 10.0 Å². The quantitative estimate of drug-likeness (QED) is 0.239. The van der Waals surface area contributed by atoms with Crippen molar-refractivity contribution in [2.75, 3.05) is 7.11 Å². The highest BCUT2D eigenvalue weighted by Crippen LogP contribution is 2.30. The highest BCUT2D eigenvalue weighted by atomic mass is 32.2. The lowest BCUT2D eigenvalue weighted by molar-refractivity contribution is 0.0890. The summed E-state index contributed by atoms with van der Waals surface area (Å²) in [6.45, 7) is 3.87. The third-order valence-corrected chi connectivity index (χ3v) is 8.03. The first-order valence-electron chi connectivity index (χ1n) is 12.0. The van der Waals surface area contributed by atoms with Crippen LogP contribution < -0.4 is 4.74 Å². The van der Waals surface area contributed by atoms with Crippen LogP contribution in [-0.2, 0) is 10.0 Å². The first-order valence-corrected chi connectivity index (χ1v) is 13.5. The number of nitrogens with zero attached hydrogens (tertiary/aromatic N) is 1. The van der Waals surface area contributed by atoms with Crippen molar-refractivity contribution in [2.24, 2.45) is 0 Å². The van der Waals surface area contributed by atoms with Crippen molar-refractivity contribution in [2.45, 2.75) is 37.0 Å². The van der Waals surface area contributed by atoms with Gasteiger partial charge in [0.05, 0.1) is 17.9 Å². The van der Waals surface area contributed by atoms with Crippen LogP contribution in [0.25, 0.3) is 0 Å². The maximum Gasteiger partial charge on any atom is 0.268 e. The molecule has 0 N–H and O–H groups in total. The third kappa shape index (κ3) is 5.57. The average molecular weight is 516 g/mol. The van der Waals surface area contributed by atoms with E-state index in [1.165, 1.54) is 18.3 Å². The summed E-state index contributed by atoms with van der Waals surface area (Å²) < 4.78 is 33.3. The van der Waals surface area contributed by atoms with E-state index in [0.29, 0.717) is 16.9 Å². The van der Waals surface area contributed by atoms with Gasteiger partial charge in [0.15, 0.2) is 11.6 Å². The van der Waals surface area contributed by atoms with Crippen molar-refractivity contribution in [3.05, 3.63) is 120 Å². The molecule has 0 saturated heterocycles. The molecule has 0 bridgehead atoms. The van der Waals surface area contributed by atoms with Gasteiger partial charge >= 0.3 is 0 Å². The van der Waals surface area contributed by atoms with Crippen LogP contribution in [0.1, 0.15) is 64.1 Å². The van der Waals surface area contributed by atoms with E-state index < -0.39 is 21.7 Å². The molecule has 0 spiro atoms. The number of ketones is 2. The van der Waals surface area contributed by atoms with Crippen LogP contribution in [0.4, 0.5) is 0 Å². The highest BCUT2D eigenvalue weighted by Gasteiger charge is 2.30. The van der Waals surface area contributed by atoms with Crippen LogP contribution in [-0.4, -0.2) is 31.1 Å². The largest absolute Gasteiger partial charge is 0.497 e. The van der Waals surface area contributed by atoms with Crippen molar-refractivity contribution in [1.29, 1.82) is 0 Å². The molecule has 0 aliphatic carbocycles. The van der Waals surface area contributed by atoms with E-state index in [-0.39, 0.29) is 28.7 Å². The fourth-order valence-electron chi connectivity index (χ4n) is 4.18. The Morgan fingerprint density at radius 1 is 0.838 bits per heavy atom. The van der Waals surface area contributed by atoms with Gasteiger partial charge in [-0.05, 0) is 47.4 Å². The molecule has 0 aliphatic rings. The number of carbonyl (C=O) groups excluding carboxylic acids is 2. The zero-order valence-electron chi connectivity index (χ0n) is 21.0. The molecule has 0 amide bonds. The molecule has 1 aromatic heterocycles. The Morgan fingerprint density at radius 3 is 2.00 bits per heavy atom. The summed E-state index contributed by atoms with van der Waals surface area (Å²) in [6.07, 6.45) is 1.31. The summed E-state index contributed by atoms with van der Waals surface area (Å²) >= 11 is 0. The number of Topliss-reactive ketones (excluding diaryl/α,β-unsaturated/α-hetero) is 2. The molecule has 1 atom stereocenters. The van der Waals surface area contributed by atoms with Gasteiger partial charge in [-0.25, -0.2) is 12.4 Å². The van der Waals surface area contributed by atoms with E-state index in [1.54, 1.807) is 79.9 Å². The van der Waals surface area contributed by atoms with Crippen LogP contribution in [0.2, 0.25) is 0 Å². The molecule has 0 radical (unpaired) electrons. The molecule has 190 valence electrons. The predicted molar refractivity (Wildman–Crippen MR) is 143 cm³/mol. The van der Waals surface area contributed by atoms with Crippen LogP contribution in [0.5, 0.6) is 5.75 Å². The molecule has 3 aromatic carbocycles. The monoisotopic (exact) mass is 515 g/mol. The van der Waals surface area contributed by atoms with Gasteiger partial charge in [-0.15, -0.1) is 0 Å². The van der Waals surface area contributed by atoms with Crippen molar-refractivity contribution in [3.8, 4) is 5.75 Å². The van der Waals surface area contributed by atoms with Gasteiger partial charge < -0.3 is 4.74 Å². The number of carbonyl (C=O) groups is 2. The zero-order valence-corrected chi connectivity index (χ0v) is 21.8. The van der Waals surface area contributed by atoms with Gasteiger partial charge in [0.2, 0.25) is 0 Å². The number of hydrogen-bond donors (Lipinski definition) is 0. The Balaban J connectivity index is 1.77. The molecule has 37 heavy (non-hydrogen) atoms. The third-order valence-electron chi connectivity index (χ3n) is 6.34. The van der Waals surface area contributed by atoms with E-state index in [2.05, 4.69) is 0 Å². The minimum Gasteiger partial charge on any atom is -0.497 e. The summed E-state index contributed by atoms with van der Waals surface area (Å²) in [6, 6.07) is 25.4. The normalized spacial score (nSPS) is 12.3. The summed E-state index contributed by atoms with van der Waals surface area (Å²) in [5.74, 6) is -0.817. The highest BCUT2D eigenvalue weighted by molar-refractivity contribution is 7.90. The number of rotatable bonds is 10. The summed E-state index contributed by atoms with van der Waals surface area (Å²) in [5, 5.41) is 0. The SMILES string of the molecule is COc1ccc(C(CC(=O)c2cc(C(C)C)cn2S(=O)(=O)c2ccccc2)C(=O)c2ccccc2)cc1. The minimum absolute atomic E-state index is 0.00195. The van der Waals surface area contributed by atoms with Crippen LogP contribution >= 0.6 is 0 Å². The van der Waals surface area contributed by atoms with Gasteiger partial charge in [0.1, 0.15) is 11.4 Å². The molecule has 1 unspecified atom stereocenters. The molecule has 0 fully saturated rings. The molecular formula is C30H29NO5S. The lowest BCUT2D eigenvalue weighted by atomic mass is 9.86. The zero-order chi connectivity index (χ0) is 26.6. The predicted octanol–water partition coefficient (Wildman–Crippen LogP) is 6.10. The van der Waals surface area contributed by atoms with Crippen LogP contribution in [0.15, 0.2) is 102 Å². The Bertz CT molecular complexity index is 1490. The lowest BCUT2D eigenvalue weighted by Gasteiger charge is -2.17. The maximum absolute atomic E-state index is 13.8. The topological polar surface area (TPSA) is 82.4 Å². The number of methoxy groups -OCH3 is 1. The molecule has 0 aliphatic heterocycles. The minimum atomic E-state index is -4.01. The maximum atomic E-state index is 13.8. The molecule has 6 nitrogen and oxygen atoms in total. The van der Waals surface area contributed by atoms with E-state index >= 15 is 0 Å². The Morgan fingerprint density at radius 2 is 1.43 bits per heavy atom. The molecule has 0 saturated carbocycles. The van der Waals surface area contributed by atoms with Gasteiger partial charge in [-0.1, -0.05) is 74.5 Å². The first kappa shape index (κ1) is 26.1. The van der Waals surface area contributed by atoms with Gasteiger partial charge in [0, 0.05) is 18.2 Å². The fraction of sp³-hybridized carbons (Fsp3) is 0.200. The fourth-order valence-corrected chi connectivity index (χ4v) is 5.58. The van der Waals surface area contributed by atoms with E-state index in [1.807, 2.05) is 19.9 Å². The number of hydrogen-bond acceptors (Lipinski definition) is 5. The van der Waals surface area contributed by atoms with Gasteiger partial charge in [-0.3, -0.25) is 9.59 Å². The van der Waals surface area contributed by atoms with Crippen molar-refractivity contribution < 1.29 is 22.7 Å². The number of benzene rings is 3. The average Bonchev–Trinajstić information content (AvgIpc) is 3.40. The second-order valence-electron chi connectivity index (χ2n) is 9.11. The standard InChI is InChI=1S/C30H29NO5S/c1-21(2)24-18-28(31(20-24)37(34,35)26-12-8-5-9-13-26)29(32)19-27(22-14-16-25(36-3)17-15-22)30(33)23-10-6-4-7-11-23/h4-18,20-21,27H,19H2,1-3H3. The Hall–Kier alpha value is -3.97. The molecule has 1 heterocycles. The lowest BCUT2D eigenvalue weighted by Crippen LogP contribution is -2.21. The van der Waals surface area contributed by atoms with Crippen molar-refractivity contribution in [3.63, 3.8) is 0 Å². The first-order chi connectivity index (χ1) is 17.7. The van der Waals surface area contributed by atoms with E-state index in [4.69, 9.17) is 4.74 Å². The van der Waals surface area contributed by atoms with E-state index in [0.717, 1.165) is 9.54 Å². The molecule has 7 heteroatoms. The molecule has 4 aromatic rings. The summed E-state index contributed by atoms with van der Waals surface area (Å²) in [7, 11) is -2.46. The van der Waals surface area contributed by atoms with Gasteiger partial charge in [-0.2, -0.15) is 0 Å². The Kier molecular flexibility index (Phi) is 7.74. The summed E-state index contributed by atoms with van der Waals surface area (Å²) in [4.78, 5) is 27.4. The van der Waals surface area contributed by atoms with E-state index in [9.17, 15) is 18.0 Å². The molecule has 4 rings (SSSR count). The van der Waals surface area contributed by atoms with Crippen LogP contribution in [0, 0.1) is 0 Å². The van der Waals surface area contributed by atoms with Crippen molar-refractivity contribution >= 4 is 21.6 Å². The van der Waals surface area contributed by atoms with Crippen molar-refractivity contribution in [1.82, 2.24) is 3.97 Å². The summed E-state index contributed by atoms with van der Waals surface area (Å²) in [5.41, 5.74) is 1.88. The number of ether oxygens (including phenoxy) is 1. The number of aromatic nitrogens is 1. The second-order valence-corrected chi connectivity index (χ2v) is 10.9. The Labute approximate surface area is 217 Å². The van der Waals surface area contributed by atoms with Crippen LogP contribution in [0.3, 0.4) is 0 Å². The smallest absolute Gasteiger partial charge is 0.268 e.